The molecule has 108 valence electrons. The molecule has 1 aliphatic carbocycles. The molecule has 1 aromatic carbocycles. The van der Waals surface area contributed by atoms with Crippen molar-refractivity contribution >= 4 is 17.6 Å². The van der Waals surface area contributed by atoms with Crippen LogP contribution in [-0.4, -0.2) is 23.5 Å². The van der Waals surface area contributed by atoms with Crippen LogP contribution in [0.3, 0.4) is 0 Å². The van der Waals surface area contributed by atoms with E-state index < -0.39 is 11.4 Å². The lowest BCUT2D eigenvalue weighted by Crippen LogP contribution is -2.21. The van der Waals surface area contributed by atoms with E-state index >= 15 is 0 Å². The van der Waals surface area contributed by atoms with Crippen molar-refractivity contribution < 1.29 is 14.7 Å². The second-order valence-corrected chi connectivity index (χ2v) is 5.56. The lowest BCUT2D eigenvalue weighted by Gasteiger charge is -2.12. The Kier molecular flexibility index (Phi) is 4.09. The van der Waals surface area contributed by atoms with Gasteiger partial charge in [0.25, 0.3) is 0 Å². The summed E-state index contributed by atoms with van der Waals surface area (Å²) in [7, 11) is 0. The van der Waals surface area contributed by atoms with Gasteiger partial charge in [-0.3, -0.25) is 9.59 Å². The zero-order chi connectivity index (χ0) is 14.8. The van der Waals surface area contributed by atoms with E-state index in [1.165, 1.54) is 0 Å². The minimum Gasteiger partial charge on any atom is -0.481 e. The highest BCUT2D eigenvalue weighted by Gasteiger charge is 2.51. The Bertz CT molecular complexity index is 506. The van der Waals surface area contributed by atoms with Crippen LogP contribution >= 0.6 is 0 Å². The first-order valence-electron chi connectivity index (χ1n) is 6.82. The molecule has 0 bridgehead atoms. The Labute approximate surface area is 118 Å². The maximum absolute atomic E-state index is 11.7. The van der Waals surface area contributed by atoms with Crippen molar-refractivity contribution in [2.24, 2.45) is 11.7 Å². The average Bonchev–Trinajstić information content (AvgIpc) is 3.20. The fourth-order valence-corrected chi connectivity index (χ4v) is 2.24. The molecule has 20 heavy (non-hydrogen) atoms. The number of carbonyl (C=O) groups excluding carboxylic acids is 1. The second-order valence-electron chi connectivity index (χ2n) is 5.56. The van der Waals surface area contributed by atoms with Crippen LogP contribution in [0.25, 0.3) is 0 Å². The molecule has 4 N–H and O–H groups in total. The minimum atomic E-state index is -0.772. The third-order valence-electron chi connectivity index (χ3n) is 3.82. The molecule has 5 nitrogen and oxygen atoms in total. The van der Waals surface area contributed by atoms with Gasteiger partial charge in [0.05, 0.1) is 5.41 Å². The average molecular weight is 276 g/mol. The van der Waals surface area contributed by atoms with Crippen molar-refractivity contribution in [1.82, 2.24) is 0 Å². The van der Waals surface area contributed by atoms with Crippen LogP contribution in [0.2, 0.25) is 0 Å². The number of hydrogen-bond donors (Lipinski definition) is 3. The standard InChI is InChI=1S/C15H20N2O3/c1-10(9-16)8-13(18)17-12-4-2-11(3-5-12)15(6-7-15)14(19)20/h2-5,10H,6-9,16H2,1H3,(H,17,18)(H,19,20). The van der Waals surface area contributed by atoms with Gasteiger partial charge in [0.15, 0.2) is 0 Å². The maximum atomic E-state index is 11.7. The smallest absolute Gasteiger partial charge is 0.314 e. The first-order chi connectivity index (χ1) is 9.48. The largest absolute Gasteiger partial charge is 0.481 e. The zero-order valence-electron chi connectivity index (χ0n) is 11.6. The van der Waals surface area contributed by atoms with E-state index in [1.807, 2.05) is 6.92 Å². The maximum Gasteiger partial charge on any atom is 0.314 e. The first-order valence-corrected chi connectivity index (χ1v) is 6.82. The number of carboxylic acids is 1. The number of benzene rings is 1. The van der Waals surface area contributed by atoms with E-state index in [4.69, 9.17) is 5.73 Å². The number of carbonyl (C=O) groups is 2. The van der Waals surface area contributed by atoms with E-state index in [9.17, 15) is 14.7 Å². The first kappa shape index (κ1) is 14.5. The Morgan fingerprint density at radius 2 is 1.95 bits per heavy atom. The zero-order valence-corrected chi connectivity index (χ0v) is 11.6. The van der Waals surface area contributed by atoms with Crippen LogP contribution in [0.15, 0.2) is 24.3 Å². The fourth-order valence-electron chi connectivity index (χ4n) is 2.24. The SMILES string of the molecule is CC(CN)CC(=O)Nc1ccc(C2(C(=O)O)CC2)cc1. The highest BCUT2D eigenvalue weighted by Crippen LogP contribution is 2.48. The third kappa shape index (κ3) is 2.99. The molecule has 1 saturated carbocycles. The van der Waals surface area contributed by atoms with Gasteiger partial charge in [-0.25, -0.2) is 0 Å². The molecule has 0 aliphatic heterocycles. The van der Waals surface area contributed by atoms with E-state index in [0.29, 0.717) is 31.5 Å². The summed E-state index contributed by atoms with van der Waals surface area (Å²) in [6.45, 7) is 2.40. The summed E-state index contributed by atoms with van der Waals surface area (Å²) in [6, 6.07) is 7.07. The topological polar surface area (TPSA) is 92.4 Å². The highest BCUT2D eigenvalue weighted by molar-refractivity contribution is 5.91. The van der Waals surface area contributed by atoms with E-state index in [-0.39, 0.29) is 11.8 Å². The monoisotopic (exact) mass is 276 g/mol. The Morgan fingerprint density at radius 3 is 2.40 bits per heavy atom. The summed E-state index contributed by atoms with van der Waals surface area (Å²) < 4.78 is 0. The minimum absolute atomic E-state index is 0.0740. The molecule has 0 radical (unpaired) electrons. The van der Waals surface area contributed by atoms with Gasteiger partial charge < -0.3 is 16.2 Å². The van der Waals surface area contributed by atoms with Gasteiger partial charge in [-0.15, -0.1) is 0 Å². The molecular weight excluding hydrogens is 256 g/mol. The van der Waals surface area contributed by atoms with Gasteiger partial charge in [-0.2, -0.15) is 0 Å². The number of aliphatic carboxylic acids is 1. The summed E-state index contributed by atoms with van der Waals surface area (Å²) in [5, 5.41) is 12.0. The molecule has 5 heteroatoms. The quantitative estimate of drug-likeness (QED) is 0.737. The van der Waals surface area contributed by atoms with Gasteiger partial charge >= 0.3 is 5.97 Å². The predicted octanol–water partition coefficient (Wildman–Crippen LogP) is 1.73. The second kappa shape index (κ2) is 5.63. The van der Waals surface area contributed by atoms with Gasteiger partial charge in [0, 0.05) is 12.1 Å². The number of nitrogens with one attached hydrogen (secondary N) is 1. The van der Waals surface area contributed by atoms with Crippen LogP contribution in [0.1, 0.15) is 31.7 Å². The predicted molar refractivity (Wildman–Crippen MR) is 76.5 cm³/mol. The Hall–Kier alpha value is -1.88. The molecular formula is C15H20N2O3. The van der Waals surface area contributed by atoms with Gasteiger partial charge in [0.2, 0.25) is 5.91 Å². The summed E-state index contributed by atoms with van der Waals surface area (Å²) in [6.07, 6.45) is 1.75. The summed E-state index contributed by atoms with van der Waals surface area (Å²) in [5.41, 5.74) is 6.27. The number of nitrogens with two attached hydrogens (primary N) is 1. The molecule has 0 saturated heterocycles. The molecule has 1 atom stereocenters. The summed E-state index contributed by atoms with van der Waals surface area (Å²) >= 11 is 0. The van der Waals surface area contributed by atoms with Crippen molar-refractivity contribution in [2.45, 2.75) is 31.6 Å². The van der Waals surface area contributed by atoms with Crippen LogP contribution in [0.4, 0.5) is 5.69 Å². The Morgan fingerprint density at radius 1 is 1.35 bits per heavy atom. The molecule has 0 aromatic heterocycles. The molecule has 1 amide bonds. The number of anilines is 1. The molecule has 0 heterocycles. The van der Waals surface area contributed by atoms with E-state index in [1.54, 1.807) is 24.3 Å². The highest BCUT2D eigenvalue weighted by atomic mass is 16.4. The van der Waals surface area contributed by atoms with Crippen molar-refractivity contribution in [3.63, 3.8) is 0 Å². The van der Waals surface area contributed by atoms with Crippen LogP contribution in [0, 0.1) is 5.92 Å². The van der Waals surface area contributed by atoms with Crippen molar-refractivity contribution in [3.05, 3.63) is 29.8 Å². The van der Waals surface area contributed by atoms with Crippen LogP contribution in [0.5, 0.6) is 0 Å². The van der Waals surface area contributed by atoms with Crippen LogP contribution in [-0.2, 0) is 15.0 Å². The van der Waals surface area contributed by atoms with E-state index in [2.05, 4.69) is 5.32 Å². The third-order valence-corrected chi connectivity index (χ3v) is 3.82. The van der Waals surface area contributed by atoms with Gasteiger partial charge in [0.1, 0.15) is 0 Å². The number of hydrogen-bond acceptors (Lipinski definition) is 3. The van der Waals surface area contributed by atoms with E-state index in [0.717, 1.165) is 5.56 Å². The molecule has 1 aromatic rings. The summed E-state index contributed by atoms with van der Waals surface area (Å²) in [4.78, 5) is 22.9. The lowest BCUT2D eigenvalue weighted by molar-refractivity contribution is -0.140. The lowest BCUT2D eigenvalue weighted by atomic mass is 9.96. The number of carboxylic acid groups (broad SMARTS) is 1. The normalized spacial score (nSPS) is 17.3. The summed E-state index contributed by atoms with van der Waals surface area (Å²) in [5.74, 6) is -0.697. The molecule has 1 aliphatic rings. The molecule has 0 spiro atoms. The Balaban J connectivity index is 1.99. The number of amides is 1. The van der Waals surface area contributed by atoms with Crippen LogP contribution < -0.4 is 11.1 Å². The molecule has 1 fully saturated rings. The van der Waals surface area contributed by atoms with Crippen molar-refractivity contribution in [2.75, 3.05) is 11.9 Å². The van der Waals surface area contributed by atoms with Crippen molar-refractivity contribution in [3.8, 4) is 0 Å². The number of rotatable bonds is 6. The van der Waals surface area contributed by atoms with Gasteiger partial charge in [-0.1, -0.05) is 19.1 Å². The fraction of sp³-hybridized carbons (Fsp3) is 0.467. The molecule has 1 unspecified atom stereocenters. The molecule has 2 rings (SSSR count). The van der Waals surface area contributed by atoms with Crippen molar-refractivity contribution in [1.29, 1.82) is 0 Å². The van der Waals surface area contributed by atoms with Gasteiger partial charge in [-0.05, 0) is 43.0 Å².